The van der Waals surface area contributed by atoms with E-state index in [1.54, 1.807) is 9.81 Å². The Hall–Kier alpha value is -1.50. The second-order valence-corrected chi connectivity index (χ2v) is 14.4. The van der Waals surface area contributed by atoms with Gasteiger partial charge in [0, 0.05) is 0 Å². The molecule has 3 rings (SSSR count). The second kappa shape index (κ2) is 7.86. The van der Waals surface area contributed by atoms with Gasteiger partial charge in [-0.05, 0) is 0 Å². The second-order valence-electron chi connectivity index (χ2n) is 5.87. The van der Waals surface area contributed by atoms with Crippen LogP contribution < -0.4 is 9.81 Å². The summed E-state index contributed by atoms with van der Waals surface area (Å²) in [6, 6.07) is 31.2. The summed E-state index contributed by atoms with van der Waals surface area (Å²) in [4.78, 5) is 2.26. The van der Waals surface area contributed by atoms with Crippen LogP contribution in [0.4, 0.5) is 0 Å². The summed E-state index contributed by atoms with van der Waals surface area (Å²) in [6.07, 6.45) is 0. The van der Waals surface area contributed by atoms with Crippen molar-refractivity contribution in [3.8, 4) is 0 Å². The van der Waals surface area contributed by atoms with Gasteiger partial charge in [-0.15, -0.1) is 0 Å². The van der Waals surface area contributed by atoms with E-state index < -0.39 is 21.8 Å². The molecule has 3 aromatic rings. The molecule has 0 aromatic heterocycles. The number of hydrogen-bond donors (Lipinski definition) is 0. The third-order valence-electron chi connectivity index (χ3n) is 3.75. The summed E-state index contributed by atoms with van der Waals surface area (Å²) in [7, 11) is 4.29. The van der Waals surface area contributed by atoms with Crippen LogP contribution in [-0.2, 0) is 6.54 Å². The Balaban J connectivity index is 2.14. The van der Waals surface area contributed by atoms with Gasteiger partial charge >= 0.3 is 148 Å². The maximum atomic E-state index is 2.36. The molecule has 116 valence electrons. The molecule has 3 aromatic carbocycles. The van der Waals surface area contributed by atoms with Gasteiger partial charge in [-0.1, -0.05) is 0 Å². The van der Waals surface area contributed by atoms with Crippen molar-refractivity contribution in [1.82, 2.24) is 4.90 Å². The SMILES string of the molecule is CN(C)Cc1cccc[c]1[Bi]([c]1ccccc1)[c]1ccccc1. The molecule has 0 heterocycles. The van der Waals surface area contributed by atoms with E-state index in [2.05, 4.69) is 104 Å². The van der Waals surface area contributed by atoms with E-state index in [1.165, 1.54) is 5.56 Å². The van der Waals surface area contributed by atoms with Gasteiger partial charge in [0.25, 0.3) is 0 Å². The van der Waals surface area contributed by atoms with E-state index >= 15 is 0 Å². The van der Waals surface area contributed by atoms with Crippen LogP contribution in [0.2, 0.25) is 0 Å². The van der Waals surface area contributed by atoms with E-state index in [9.17, 15) is 0 Å². The molecule has 0 spiro atoms. The number of nitrogens with zero attached hydrogens (tertiary/aromatic N) is 1. The number of hydrogen-bond acceptors (Lipinski definition) is 1. The maximum absolute atomic E-state index is 2.36. The molecule has 0 fully saturated rings. The normalized spacial score (nSPS) is 11.1. The fraction of sp³-hybridized carbons (Fsp3) is 0.143. The quantitative estimate of drug-likeness (QED) is 0.489. The fourth-order valence-corrected chi connectivity index (χ4v) is 12.4. The zero-order chi connectivity index (χ0) is 16.1. The van der Waals surface area contributed by atoms with E-state index in [4.69, 9.17) is 0 Å². The Morgan fingerprint density at radius 2 is 1.13 bits per heavy atom. The average Bonchev–Trinajstić information content (AvgIpc) is 2.58. The minimum absolute atomic E-state index is 1.00. The molecule has 0 unspecified atom stereocenters. The molecule has 23 heavy (non-hydrogen) atoms. The van der Waals surface area contributed by atoms with Crippen molar-refractivity contribution in [3.05, 3.63) is 90.5 Å². The first-order valence-corrected chi connectivity index (χ1v) is 13.1. The van der Waals surface area contributed by atoms with E-state index in [-0.39, 0.29) is 0 Å². The first-order valence-electron chi connectivity index (χ1n) is 7.88. The summed E-state index contributed by atoms with van der Waals surface area (Å²) in [6.45, 7) is 1.00. The molecule has 2 heteroatoms. The molecule has 0 bridgehead atoms. The molecule has 0 atom stereocenters. The molecule has 0 N–H and O–H groups in total. The minimum atomic E-state index is -2.23. The summed E-state index contributed by atoms with van der Waals surface area (Å²) >= 11 is -2.23. The third kappa shape index (κ3) is 4.08. The first-order chi connectivity index (χ1) is 11.3. The monoisotopic (exact) mass is 497 g/mol. The predicted octanol–water partition coefficient (Wildman–Crippen LogP) is 2.26. The van der Waals surface area contributed by atoms with Crippen LogP contribution in [-0.4, -0.2) is 40.7 Å². The third-order valence-corrected chi connectivity index (χ3v) is 13.6. The predicted molar refractivity (Wildman–Crippen MR) is 101 cm³/mol. The average molecular weight is 497 g/mol. The van der Waals surface area contributed by atoms with Gasteiger partial charge < -0.3 is 0 Å². The van der Waals surface area contributed by atoms with Crippen LogP contribution in [0.25, 0.3) is 0 Å². The van der Waals surface area contributed by atoms with Crippen molar-refractivity contribution in [2.75, 3.05) is 14.1 Å². The molecule has 0 amide bonds. The van der Waals surface area contributed by atoms with Gasteiger partial charge in [-0.2, -0.15) is 0 Å². The summed E-state index contributed by atoms with van der Waals surface area (Å²) < 4.78 is 4.67. The Kier molecular flexibility index (Phi) is 5.59. The topological polar surface area (TPSA) is 3.24 Å². The molecule has 0 saturated carbocycles. The van der Waals surface area contributed by atoms with Crippen molar-refractivity contribution in [2.24, 2.45) is 0 Å². The molecule has 0 radical (unpaired) electrons. The van der Waals surface area contributed by atoms with Crippen molar-refractivity contribution < 1.29 is 0 Å². The van der Waals surface area contributed by atoms with Gasteiger partial charge in [-0.25, -0.2) is 0 Å². The molecule has 0 aliphatic carbocycles. The summed E-state index contributed by atoms with van der Waals surface area (Å²) in [5.41, 5.74) is 1.47. The zero-order valence-electron chi connectivity index (χ0n) is 13.7. The molecular weight excluding hydrogens is 475 g/mol. The molecule has 0 aliphatic rings. The Morgan fingerprint density at radius 3 is 1.65 bits per heavy atom. The first kappa shape index (κ1) is 16.4. The van der Waals surface area contributed by atoms with Gasteiger partial charge in [-0.3, -0.25) is 0 Å². The summed E-state index contributed by atoms with van der Waals surface area (Å²) in [5, 5.41) is 0. The number of benzene rings is 3. The van der Waals surface area contributed by atoms with Gasteiger partial charge in [0.2, 0.25) is 0 Å². The fourth-order valence-electron chi connectivity index (χ4n) is 2.78. The molecular formula is C21H22BiN. The molecule has 0 aliphatic heterocycles. The van der Waals surface area contributed by atoms with E-state index in [0.29, 0.717) is 0 Å². The van der Waals surface area contributed by atoms with Crippen molar-refractivity contribution in [3.63, 3.8) is 0 Å². The molecule has 0 saturated heterocycles. The van der Waals surface area contributed by atoms with Gasteiger partial charge in [0.1, 0.15) is 0 Å². The molecule has 1 nitrogen and oxygen atoms in total. The summed E-state index contributed by atoms with van der Waals surface area (Å²) in [5.74, 6) is 0. The number of rotatable bonds is 5. The van der Waals surface area contributed by atoms with Crippen molar-refractivity contribution >= 4 is 31.6 Å². The van der Waals surface area contributed by atoms with Crippen LogP contribution in [0.15, 0.2) is 84.9 Å². The Bertz CT molecular complexity index is 699. The van der Waals surface area contributed by atoms with Crippen LogP contribution in [0.1, 0.15) is 5.56 Å². The van der Waals surface area contributed by atoms with E-state index in [1.807, 2.05) is 0 Å². The van der Waals surface area contributed by atoms with Crippen molar-refractivity contribution in [2.45, 2.75) is 6.54 Å². The Labute approximate surface area is 147 Å². The van der Waals surface area contributed by atoms with Crippen LogP contribution in [0.5, 0.6) is 0 Å². The van der Waals surface area contributed by atoms with Crippen LogP contribution >= 0.6 is 0 Å². The Morgan fingerprint density at radius 1 is 0.652 bits per heavy atom. The standard InChI is InChI=1S/C9H12N.2C6H5.Bi/c1-10(2)8-9-6-4-3-5-7-9;2*1-2-4-6-5-3-1;/h3-6H,8H2,1-2H3;2*1-5H;. The van der Waals surface area contributed by atoms with Gasteiger partial charge in [0.15, 0.2) is 0 Å². The van der Waals surface area contributed by atoms with Crippen molar-refractivity contribution in [1.29, 1.82) is 0 Å². The van der Waals surface area contributed by atoms with Gasteiger partial charge in [0.05, 0.1) is 0 Å². The van der Waals surface area contributed by atoms with E-state index in [0.717, 1.165) is 6.54 Å². The zero-order valence-corrected chi connectivity index (χ0v) is 17.2. The van der Waals surface area contributed by atoms with Crippen LogP contribution in [0.3, 0.4) is 0 Å². The van der Waals surface area contributed by atoms with Crippen LogP contribution in [0, 0.1) is 0 Å².